The summed E-state index contributed by atoms with van der Waals surface area (Å²) in [5.74, 6) is 0.567. The molecule has 2 amide bonds. The van der Waals surface area contributed by atoms with E-state index in [1.165, 1.54) is 23.8 Å². The van der Waals surface area contributed by atoms with Crippen molar-refractivity contribution >= 4 is 41.1 Å². The van der Waals surface area contributed by atoms with Crippen molar-refractivity contribution in [3.8, 4) is 5.75 Å². The number of aliphatic carboxylic acids is 1. The van der Waals surface area contributed by atoms with Crippen LogP contribution in [-0.2, 0) is 4.79 Å². The summed E-state index contributed by atoms with van der Waals surface area (Å²) >= 11 is 7.44. The molecule has 2 N–H and O–H groups in total. The van der Waals surface area contributed by atoms with Crippen molar-refractivity contribution in [1.29, 1.82) is 0 Å². The molecule has 1 heterocycles. The summed E-state index contributed by atoms with van der Waals surface area (Å²) in [6.07, 6.45) is 0. The van der Waals surface area contributed by atoms with Gasteiger partial charge in [-0.05, 0) is 12.1 Å². The predicted molar refractivity (Wildman–Crippen MR) is 82.5 cm³/mol. The molecule has 1 aromatic rings. The standard InChI is InChI=1S/C13H15ClN2O4S/c1-20-11-6-8(2-3-9(11)14)15-13(19)16-4-5-21-7-10(16)12(17)18/h2-3,6,10H,4-5,7H2,1H3,(H,15,19)(H,17,18). The average Bonchev–Trinajstić information content (AvgIpc) is 2.49. The number of carbonyl (C=O) groups excluding carboxylic acids is 1. The lowest BCUT2D eigenvalue weighted by Gasteiger charge is -2.32. The Kier molecular flexibility index (Phi) is 5.19. The van der Waals surface area contributed by atoms with Crippen molar-refractivity contribution in [3.05, 3.63) is 23.2 Å². The fourth-order valence-corrected chi connectivity index (χ4v) is 3.22. The van der Waals surface area contributed by atoms with Gasteiger partial charge in [0.25, 0.3) is 0 Å². The number of thioether (sulfide) groups is 1. The van der Waals surface area contributed by atoms with Crippen LogP contribution in [-0.4, -0.2) is 53.2 Å². The van der Waals surface area contributed by atoms with Crippen LogP contribution in [0.15, 0.2) is 18.2 Å². The van der Waals surface area contributed by atoms with Crippen LogP contribution in [0.4, 0.5) is 10.5 Å². The third-order valence-electron chi connectivity index (χ3n) is 3.08. The molecule has 0 radical (unpaired) electrons. The van der Waals surface area contributed by atoms with Gasteiger partial charge >= 0.3 is 12.0 Å². The molecule has 8 heteroatoms. The fourth-order valence-electron chi connectivity index (χ4n) is 1.98. The second kappa shape index (κ2) is 6.91. The van der Waals surface area contributed by atoms with Gasteiger partial charge in [0.05, 0.1) is 12.1 Å². The lowest BCUT2D eigenvalue weighted by atomic mass is 10.2. The summed E-state index contributed by atoms with van der Waals surface area (Å²) < 4.78 is 5.08. The summed E-state index contributed by atoms with van der Waals surface area (Å²) in [6, 6.07) is 3.59. The highest BCUT2D eigenvalue weighted by atomic mass is 35.5. The first-order valence-corrected chi connectivity index (χ1v) is 7.78. The summed E-state index contributed by atoms with van der Waals surface area (Å²) in [5, 5.41) is 12.3. The monoisotopic (exact) mass is 330 g/mol. The van der Waals surface area contributed by atoms with E-state index < -0.39 is 18.0 Å². The lowest BCUT2D eigenvalue weighted by molar-refractivity contribution is -0.141. The molecule has 114 valence electrons. The molecule has 6 nitrogen and oxygen atoms in total. The maximum absolute atomic E-state index is 12.2. The Balaban J connectivity index is 2.11. The normalized spacial score (nSPS) is 18.2. The first-order chi connectivity index (χ1) is 10.0. The van der Waals surface area contributed by atoms with Crippen LogP contribution in [0.2, 0.25) is 5.02 Å². The Morgan fingerprint density at radius 2 is 2.29 bits per heavy atom. The van der Waals surface area contributed by atoms with Gasteiger partial charge in [0.15, 0.2) is 0 Å². The maximum Gasteiger partial charge on any atom is 0.327 e. The van der Waals surface area contributed by atoms with E-state index in [1.807, 2.05) is 0 Å². The number of benzene rings is 1. The van der Waals surface area contributed by atoms with Gasteiger partial charge in [-0.1, -0.05) is 11.6 Å². The molecule has 0 saturated carbocycles. The number of rotatable bonds is 3. The van der Waals surface area contributed by atoms with E-state index in [4.69, 9.17) is 21.4 Å². The van der Waals surface area contributed by atoms with Crippen molar-refractivity contribution in [2.24, 2.45) is 0 Å². The molecule has 1 aromatic carbocycles. The molecule has 0 spiro atoms. The van der Waals surface area contributed by atoms with Crippen molar-refractivity contribution in [1.82, 2.24) is 4.90 Å². The number of anilines is 1. The van der Waals surface area contributed by atoms with E-state index in [0.29, 0.717) is 28.8 Å². The van der Waals surface area contributed by atoms with Gasteiger partial charge in [-0.2, -0.15) is 11.8 Å². The summed E-state index contributed by atoms with van der Waals surface area (Å²) in [6.45, 7) is 0.401. The van der Waals surface area contributed by atoms with Crippen LogP contribution >= 0.6 is 23.4 Å². The molecule has 2 rings (SSSR count). The molecule has 0 aliphatic carbocycles. The molecule has 1 unspecified atom stereocenters. The summed E-state index contributed by atoms with van der Waals surface area (Å²) in [5.41, 5.74) is 0.503. The van der Waals surface area contributed by atoms with Crippen molar-refractivity contribution in [3.63, 3.8) is 0 Å². The smallest absolute Gasteiger partial charge is 0.327 e. The number of halogens is 1. The second-order valence-electron chi connectivity index (χ2n) is 4.40. The number of carbonyl (C=O) groups is 2. The van der Waals surface area contributed by atoms with E-state index in [9.17, 15) is 9.59 Å². The topological polar surface area (TPSA) is 78.9 Å². The maximum atomic E-state index is 12.2. The van der Waals surface area contributed by atoms with Crippen LogP contribution < -0.4 is 10.1 Å². The Morgan fingerprint density at radius 3 is 2.95 bits per heavy atom. The SMILES string of the molecule is COc1cc(NC(=O)N2CCSCC2C(=O)O)ccc1Cl. The predicted octanol–water partition coefficient (Wildman–Crippen LogP) is 2.38. The Bertz CT molecular complexity index is 555. The highest BCUT2D eigenvalue weighted by molar-refractivity contribution is 7.99. The highest BCUT2D eigenvalue weighted by Gasteiger charge is 2.32. The minimum atomic E-state index is -0.994. The molecule has 1 saturated heterocycles. The number of nitrogens with zero attached hydrogens (tertiary/aromatic N) is 1. The minimum absolute atomic E-state index is 0.396. The number of amides is 2. The van der Waals surface area contributed by atoms with E-state index >= 15 is 0 Å². The number of carboxylic acid groups (broad SMARTS) is 1. The first kappa shape index (κ1) is 15.8. The number of urea groups is 1. The van der Waals surface area contributed by atoms with Gasteiger partial charge in [-0.25, -0.2) is 9.59 Å². The minimum Gasteiger partial charge on any atom is -0.495 e. The van der Waals surface area contributed by atoms with E-state index in [-0.39, 0.29) is 0 Å². The molecular weight excluding hydrogens is 316 g/mol. The molecule has 21 heavy (non-hydrogen) atoms. The quantitative estimate of drug-likeness (QED) is 0.889. The van der Waals surface area contributed by atoms with Crippen LogP contribution in [0.1, 0.15) is 0 Å². The van der Waals surface area contributed by atoms with E-state index in [2.05, 4.69) is 5.32 Å². The van der Waals surface area contributed by atoms with E-state index in [0.717, 1.165) is 5.75 Å². The van der Waals surface area contributed by atoms with Crippen LogP contribution in [0.3, 0.4) is 0 Å². The summed E-state index contributed by atoms with van der Waals surface area (Å²) in [7, 11) is 1.48. The number of ether oxygens (including phenoxy) is 1. The van der Waals surface area contributed by atoms with Crippen molar-refractivity contribution in [2.45, 2.75) is 6.04 Å². The average molecular weight is 331 g/mol. The Morgan fingerprint density at radius 1 is 1.52 bits per heavy atom. The number of carboxylic acids is 1. The number of hydrogen-bond acceptors (Lipinski definition) is 4. The molecule has 1 atom stereocenters. The third kappa shape index (κ3) is 3.74. The zero-order chi connectivity index (χ0) is 15.4. The molecule has 1 aliphatic rings. The number of nitrogens with one attached hydrogen (secondary N) is 1. The van der Waals surface area contributed by atoms with Gasteiger partial charge in [0, 0.05) is 29.8 Å². The van der Waals surface area contributed by atoms with Gasteiger partial charge in [0.1, 0.15) is 11.8 Å². The third-order valence-corrected chi connectivity index (χ3v) is 4.41. The molecule has 1 fully saturated rings. The van der Waals surface area contributed by atoms with Crippen molar-refractivity contribution < 1.29 is 19.4 Å². The Labute approximate surface area is 131 Å². The number of hydrogen-bond donors (Lipinski definition) is 2. The van der Waals surface area contributed by atoms with Crippen LogP contribution in [0, 0.1) is 0 Å². The van der Waals surface area contributed by atoms with Crippen LogP contribution in [0.25, 0.3) is 0 Å². The molecule has 0 aromatic heterocycles. The van der Waals surface area contributed by atoms with Gasteiger partial charge in [-0.15, -0.1) is 0 Å². The largest absolute Gasteiger partial charge is 0.495 e. The second-order valence-corrected chi connectivity index (χ2v) is 5.96. The van der Waals surface area contributed by atoms with Crippen molar-refractivity contribution in [2.75, 3.05) is 30.5 Å². The molecule has 0 bridgehead atoms. The van der Waals surface area contributed by atoms with Crippen LogP contribution in [0.5, 0.6) is 5.75 Å². The van der Waals surface area contributed by atoms with E-state index in [1.54, 1.807) is 18.2 Å². The molecule has 1 aliphatic heterocycles. The number of methoxy groups -OCH3 is 1. The summed E-state index contributed by atoms with van der Waals surface area (Å²) in [4.78, 5) is 24.8. The molecular formula is C13H15ClN2O4S. The van der Waals surface area contributed by atoms with Gasteiger partial charge < -0.3 is 20.1 Å². The van der Waals surface area contributed by atoms with Gasteiger partial charge in [-0.3, -0.25) is 0 Å². The lowest BCUT2D eigenvalue weighted by Crippen LogP contribution is -2.51. The highest BCUT2D eigenvalue weighted by Crippen LogP contribution is 2.28. The zero-order valence-corrected chi connectivity index (χ0v) is 12.9. The zero-order valence-electron chi connectivity index (χ0n) is 11.3. The Hall–Kier alpha value is -1.60. The first-order valence-electron chi connectivity index (χ1n) is 6.24. The fraction of sp³-hybridized carbons (Fsp3) is 0.385. The van der Waals surface area contributed by atoms with Gasteiger partial charge in [0.2, 0.25) is 0 Å².